The van der Waals surface area contributed by atoms with E-state index in [1.54, 1.807) is 24.3 Å². The first kappa shape index (κ1) is 19.8. The molecule has 6 heteroatoms. The quantitative estimate of drug-likeness (QED) is 0.801. The number of piperidine rings is 1. The second kappa shape index (κ2) is 9.86. The van der Waals surface area contributed by atoms with Crippen LogP contribution in [0.3, 0.4) is 0 Å². The molecule has 0 radical (unpaired) electrons. The number of benzene rings is 2. The summed E-state index contributed by atoms with van der Waals surface area (Å²) in [5.41, 5.74) is 2.32. The van der Waals surface area contributed by atoms with Crippen LogP contribution < -0.4 is 10.6 Å². The molecule has 0 unspecified atom stereocenters. The average molecular weight is 380 g/mol. The molecule has 0 spiro atoms. The number of carbonyl (C=O) groups is 1. The summed E-state index contributed by atoms with van der Waals surface area (Å²) in [6, 6.07) is 15.4. The lowest BCUT2D eigenvalue weighted by atomic mass is 9.90. The largest absolute Gasteiger partial charge is 0.337 e. The summed E-state index contributed by atoms with van der Waals surface area (Å²) >= 11 is 0. The van der Waals surface area contributed by atoms with Gasteiger partial charge in [-0.1, -0.05) is 18.2 Å². The second-order valence-electron chi connectivity index (χ2n) is 7.19. The molecule has 2 aromatic carbocycles. The van der Waals surface area contributed by atoms with Crippen molar-refractivity contribution in [1.82, 2.24) is 10.2 Å². The van der Waals surface area contributed by atoms with Crippen LogP contribution in [0.5, 0.6) is 0 Å². The predicted molar refractivity (Wildman–Crippen MR) is 107 cm³/mol. The van der Waals surface area contributed by atoms with Gasteiger partial charge in [-0.15, -0.1) is 0 Å². The first-order valence-corrected chi connectivity index (χ1v) is 9.64. The fourth-order valence-corrected chi connectivity index (χ4v) is 3.54. The zero-order valence-corrected chi connectivity index (χ0v) is 15.8. The molecule has 146 valence electrons. The predicted octanol–water partition coefficient (Wildman–Crippen LogP) is 3.77. The zero-order chi connectivity index (χ0) is 19.8. The molecule has 3 rings (SSSR count). The maximum atomic E-state index is 13.0. The number of nitrogens with one attached hydrogen (secondary N) is 2. The Morgan fingerprint density at radius 3 is 2.64 bits per heavy atom. The third-order valence-electron chi connectivity index (χ3n) is 5.11. The number of anilines is 1. The number of halogens is 1. The second-order valence-corrected chi connectivity index (χ2v) is 7.19. The lowest BCUT2D eigenvalue weighted by molar-refractivity contribution is 0.184. The maximum absolute atomic E-state index is 13.0. The Morgan fingerprint density at radius 1 is 1.18 bits per heavy atom. The SMILES string of the molecule is N#Cc1cccc(NC(=O)NCCN2CCC(Cc3ccc(F)cc3)CC2)c1. The summed E-state index contributed by atoms with van der Waals surface area (Å²) in [7, 11) is 0. The van der Waals surface area contributed by atoms with E-state index >= 15 is 0 Å². The molecule has 2 amide bonds. The van der Waals surface area contributed by atoms with E-state index in [4.69, 9.17) is 5.26 Å². The molecule has 0 bridgehead atoms. The highest BCUT2D eigenvalue weighted by Crippen LogP contribution is 2.21. The lowest BCUT2D eigenvalue weighted by Crippen LogP contribution is -2.40. The molecule has 5 nitrogen and oxygen atoms in total. The number of rotatable bonds is 6. The van der Waals surface area contributed by atoms with E-state index in [1.807, 2.05) is 12.1 Å². The molecule has 1 fully saturated rings. The lowest BCUT2D eigenvalue weighted by Gasteiger charge is -2.32. The van der Waals surface area contributed by atoms with Crippen LogP contribution in [0.25, 0.3) is 0 Å². The number of nitriles is 1. The first-order valence-electron chi connectivity index (χ1n) is 9.64. The molecule has 1 aliphatic heterocycles. The number of nitrogens with zero attached hydrogens (tertiary/aromatic N) is 2. The van der Waals surface area contributed by atoms with Crippen LogP contribution in [-0.4, -0.2) is 37.1 Å². The fraction of sp³-hybridized carbons (Fsp3) is 0.364. The summed E-state index contributed by atoms with van der Waals surface area (Å²) in [5, 5.41) is 14.5. The van der Waals surface area contributed by atoms with Crippen molar-refractivity contribution in [2.45, 2.75) is 19.3 Å². The van der Waals surface area contributed by atoms with E-state index in [0.717, 1.165) is 38.9 Å². The third kappa shape index (κ3) is 6.07. The average Bonchev–Trinajstić information content (AvgIpc) is 2.71. The number of urea groups is 1. The third-order valence-corrected chi connectivity index (χ3v) is 5.11. The number of likely N-dealkylation sites (tertiary alicyclic amines) is 1. The molecular weight excluding hydrogens is 355 g/mol. The first-order chi connectivity index (χ1) is 13.6. The number of hydrogen-bond donors (Lipinski definition) is 2. The Kier molecular flexibility index (Phi) is 6.99. The van der Waals surface area contributed by atoms with Crippen LogP contribution in [0.1, 0.15) is 24.0 Å². The van der Waals surface area contributed by atoms with Gasteiger partial charge in [-0.3, -0.25) is 0 Å². The van der Waals surface area contributed by atoms with Crippen molar-refractivity contribution < 1.29 is 9.18 Å². The van der Waals surface area contributed by atoms with Crippen molar-refractivity contribution in [3.8, 4) is 6.07 Å². The van der Waals surface area contributed by atoms with Gasteiger partial charge in [-0.05, 0) is 74.2 Å². The summed E-state index contributed by atoms with van der Waals surface area (Å²) in [5.74, 6) is 0.443. The van der Waals surface area contributed by atoms with E-state index in [-0.39, 0.29) is 11.8 Å². The van der Waals surface area contributed by atoms with Crippen LogP contribution in [0.2, 0.25) is 0 Å². The number of amides is 2. The van der Waals surface area contributed by atoms with Gasteiger partial charge >= 0.3 is 6.03 Å². The van der Waals surface area contributed by atoms with Crippen molar-refractivity contribution >= 4 is 11.7 Å². The highest BCUT2D eigenvalue weighted by molar-refractivity contribution is 5.89. The molecule has 0 aromatic heterocycles. The molecule has 28 heavy (non-hydrogen) atoms. The zero-order valence-electron chi connectivity index (χ0n) is 15.8. The Bertz CT molecular complexity index is 823. The molecule has 1 aliphatic rings. The van der Waals surface area contributed by atoms with Crippen molar-refractivity contribution in [1.29, 1.82) is 5.26 Å². The van der Waals surface area contributed by atoms with Gasteiger partial charge in [-0.2, -0.15) is 5.26 Å². The molecule has 1 saturated heterocycles. The van der Waals surface area contributed by atoms with Crippen molar-refractivity contribution in [3.63, 3.8) is 0 Å². The molecular formula is C22H25FN4O. The molecule has 2 aromatic rings. The van der Waals surface area contributed by atoms with E-state index in [0.29, 0.717) is 23.7 Å². The Labute approximate surface area is 165 Å². The van der Waals surface area contributed by atoms with Crippen LogP contribution in [0.15, 0.2) is 48.5 Å². The molecule has 0 atom stereocenters. The fourth-order valence-electron chi connectivity index (χ4n) is 3.54. The van der Waals surface area contributed by atoms with Crippen molar-refractivity contribution in [3.05, 3.63) is 65.5 Å². The molecule has 0 saturated carbocycles. The van der Waals surface area contributed by atoms with Crippen molar-refractivity contribution in [2.24, 2.45) is 5.92 Å². The molecule has 2 N–H and O–H groups in total. The summed E-state index contributed by atoms with van der Waals surface area (Å²) in [6.07, 6.45) is 3.23. The van der Waals surface area contributed by atoms with Crippen LogP contribution in [-0.2, 0) is 6.42 Å². The Balaban J connectivity index is 1.33. The minimum absolute atomic E-state index is 0.187. The van der Waals surface area contributed by atoms with Gasteiger partial charge in [0.25, 0.3) is 0 Å². The highest BCUT2D eigenvalue weighted by atomic mass is 19.1. The molecule has 0 aliphatic carbocycles. The topological polar surface area (TPSA) is 68.2 Å². The van der Waals surface area contributed by atoms with E-state index in [1.165, 1.54) is 17.7 Å². The van der Waals surface area contributed by atoms with Gasteiger partial charge in [0.05, 0.1) is 11.6 Å². The molecule has 1 heterocycles. The van der Waals surface area contributed by atoms with Gasteiger partial charge in [0.2, 0.25) is 0 Å². The summed E-state index contributed by atoms with van der Waals surface area (Å²) in [4.78, 5) is 14.3. The van der Waals surface area contributed by atoms with E-state index < -0.39 is 0 Å². The van der Waals surface area contributed by atoms with Gasteiger partial charge < -0.3 is 15.5 Å². The maximum Gasteiger partial charge on any atom is 0.319 e. The van der Waals surface area contributed by atoms with E-state index in [9.17, 15) is 9.18 Å². The summed E-state index contributed by atoms with van der Waals surface area (Å²) in [6.45, 7) is 3.42. The summed E-state index contributed by atoms with van der Waals surface area (Å²) < 4.78 is 13.0. The minimum atomic E-state index is -0.263. The van der Waals surface area contributed by atoms with Gasteiger partial charge in [0.15, 0.2) is 0 Å². The van der Waals surface area contributed by atoms with Crippen LogP contribution in [0.4, 0.5) is 14.9 Å². The minimum Gasteiger partial charge on any atom is -0.337 e. The van der Waals surface area contributed by atoms with E-state index in [2.05, 4.69) is 21.6 Å². The number of carbonyl (C=O) groups excluding carboxylic acids is 1. The van der Waals surface area contributed by atoms with Gasteiger partial charge in [0, 0.05) is 18.8 Å². The Morgan fingerprint density at radius 2 is 1.93 bits per heavy atom. The highest BCUT2D eigenvalue weighted by Gasteiger charge is 2.19. The van der Waals surface area contributed by atoms with Gasteiger partial charge in [0.1, 0.15) is 5.82 Å². The standard InChI is InChI=1S/C22H25FN4O/c23-20-6-4-17(5-7-20)14-18-8-11-27(12-9-18)13-10-25-22(28)26-21-3-1-2-19(15-21)16-24/h1-7,15,18H,8-14H2,(H2,25,26,28). The van der Waals surface area contributed by atoms with Crippen molar-refractivity contribution in [2.75, 3.05) is 31.5 Å². The monoisotopic (exact) mass is 380 g/mol. The van der Waals surface area contributed by atoms with Crippen LogP contribution in [0, 0.1) is 23.1 Å². The number of hydrogen-bond acceptors (Lipinski definition) is 3. The smallest absolute Gasteiger partial charge is 0.319 e. The van der Waals surface area contributed by atoms with Gasteiger partial charge in [-0.25, -0.2) is 9.18 Å². The van der Waals surface area contributed by atoms with Crippen LogP contribution >= 0.6 is 0 Å². The Hall–Kier alpha value is -2.91. The normalized spacial score (nSPS) is 15.0.